The summed E-state index contributed by atoms with van der Waals surface area (Å²) in [4.78, 5) is 30.9. The fraction of sp³-hybridized carbons (Fsp3) is 0.562. The molecule has 1 atom stereocenters. The summed E-state index contributed by atoms with van der Waals surface area (Å²) in [5.74, 6) is -0.463. The molecule has 2 aromatic heterocycles. The minimum atomic E-state index is -0.837. The summed E-state index contributed by atoms with van der Waals surface area (Å²) >= 11 is 1.50. The van der Waals surface area contributed by atoms with Gasteiger partial charge in [0, 0.05) is 17.3 Å². The maximum Gasteiger partial charge on any atom is 0.311 e. The first-order valence-electron chi connectivity index (χ1n) is 7.74. The lowest BCUT2D eigenvalue weighted by molar-refractivity contribution is -0.139. The Kier molecular flexibility index (Phi) is 3.80. The summed E-state index contributed by atoms with van der Waals surface area (Å²) in [5, 5.41) is 10.0. The second kappa shape index (κ2) is 5.50. The summed E-state index contributed by atoms with van der Waals surface area (Å²) in [6.07, 6.45) is 2.31. The van der Waals surface area contributed by atoms with E-state index in [0.717, 1.165) is 29.1 Å². The lowest BCUT2D eigenvalue weighted by Crippen LogP contribution is -2.27. The molecule has 0 fully saturated rings. The van der Waals surface area contributed by atoms with Gasteiger partial charge in [-0.15, -0.1) is 11.3 Å². The number of carbonyl (C=O) groups is 1. The Balaban J connectivity index is 2.38. The predicted molar refractivity (Wildman–Crippen MR) is 87.0 cm³/mol. The van der Waals surface area contributed by atoms with Crippen LogP contribution in [-0.4, -0.2) is 20.6 Å². The van der Waals surface area contributed by atoms with Crippen LogP contribution in [0.4, 0.5) is 0 Å². The standard InChI is InChI=1S/C16H20N2O3S/c1-4-18-13(8(2)3)17-14-12(15(18)19)11-9(16(20)21)6-5-7-10(11)22-14/h8-9H,4-7H2,1-3H3,(H,20,21). The summed E-state index contributed by atoms with van der Waals surface area (Å²) in [6, 6.07) is 0. The number of aromatic nitrogens is 2. The monoisotopic (exact) mass is 320 g/mol. The van der Waals surface area contributed by atoms with E-state index < -0.39 is 11.9 Å². The average molecular weight is 320 g/mol. The number of rotatable bonds is 3. The number of nitrogens with zero attached hydrogens (tertiary/aromatic N) is 2. The Morgan fingerprint density at radius 3 is 2.82 bits per heavy atom. The van der Waals surface area contributed by atoms with Crippen LogP contribution in [0.5, 0.6) is 0 Å². The van der Waals surface area contributed by atoms with Crippen molar-refractivity contribution in [1.29, 1.82) is 0 Å². The lowest BCUT2D eigenvalue weighted by Gasteiger charge is -2.19. The van der Waals surface area contributed by atoms with E-state index in [2.05, 4.69) is 0 Å². The van der Waals surface area contributed by atoms with Crippen molar-refractivity contribution in [2.45, 2.75) is 58.4 Å². The van der Waals surface area contributed by atoms with Crippen LogP contribution in [0.1, 0.15) is 61.7 Å². The average Bonchev–Trinajstić information content (AvgIpc) is 2.85. The summed E-state index contributed by atoms with van der Waals surface area (Å²) < 4.78 is 1.69. The molecule has 0 saturated carbocycles. The maximum atomic E-state index is 12.9. The number of carboxylic acids is 1. The van der Waals surface area contributed by atoms with Crippen LogP contribution in [0, 0.1) is 0 Å². The number of aryl methyl sites for hydroxylation is 1. The first-order chi connectivity index (χ1) is 10.5. The minimum absolute atomic E-state index is 0.0816. The van der Waals surface area contributed by atoms with Gasteiger partial charge < -0.3 is 5.11 Å². The highest BCUT2D eigenvalue weighted by molar-refractivity contribution is 7.18. The Morgan fingerprint density at radius 1 is 1.50 bits per heavy atom. The van der Waals surface area contributed by atoms with Gasteiger partial charge in [0.1, 0.15) is 10.7 Å². The van der Waals surface area contributed by atoms with Crippen molar-refractivity contribution >= 4 is 27.5 Å². The van der Waals surface area contributed by atoms with E-state index in [1.165, 1.54) is 11.3 Å². The largest absolute Gasteiger partial charge is 0.481 e. The third-order valence-electron chi connectivity index (χ3n) is 4.33. The van der Waals surface area contributed by atoms with Gasteiger partial charge in [-0.3, -0.25) is 14.2 Å². The van der Waals surface area contributed by atoms with Crippen LogP contribution >= 0.6 is 11.3 Å². The van der Waals surface area contributed by atoms with E-state index in [9.17, 15) is 14.7 Å². The highest BCUT2D eigenvalue weighted by Crippen LogP contribution is 2.40. The van der Waals surface area contributed by atoms with Gasteiger partial charge >= 0.3 is 5.97 Å². The van der Waals surface area contributed by atoms with Crippen LogP contribution in [-0.2, 0) is 17.8 Å². The van der Waals surface area contributed by atoms with E-state index in [1.54, 1.807) is 4.57 Å². The van der Waals surface area contributed by atoms with E-state index in [1.807, 2.05) is 20.8 Å². The van der Waals surface area contributed by atoms with Crippen molar-refractivity contribution in [3.63, 3.8) is 0 Å². The molecule has 1 aliphatic rings. The molecule has 0 bridgehead atoms. The molecule has 118 valence electrons. The van der Waals surface area contributed by atoms with Gasteiger partial charge in [-0.2, -0.15) is 0 Å². The number of thiophene rings is 1. The summed E-state index contributed by atoms with van der Waals surface area (Å²) in [7, 11) is 0. The molecule has 6 heteroatoms. The molecular weight excluding hydrogens is 300 g/mol. The topological polar surface area (TPSA) is 72.2 Å². The second-order valence-electron chi connectivity index (χ2n) is 6.08. The van der Waals surface area contributed by atoms with Gasteiger partial charge in [-0.1, -0.05) is 13.8 Å². The smallest absolute Gasteiger partial charge is 0.311 e. The predicted octanol–water partition coefficient (Wildman–Crippen LogP) is 3.11. The fourth-order valence-corrected chi connectivity index (χ4v) is 4.60. The van der Waals surface area contributed by atoms with Gasteiger partial charge in [-0.25, -0.2) is 4.98 Å². The third kappa shape index (κ3) is 2.17. The van der Waals surface area contributed by atoms with Crippen LogP contribution in [0.2, 0.25) is 0 Å². The molecule has 2 aromatic rings. The molecule has 0 aromatic carbocycles. The molecule has 0 spiro atoms. The van der Waals surface area contributed by atoms with Crippen LogP contribution in [0.15, 0.2) is 4.79 Å². The van der Waals surface area contributed by atoms with Crippen LogP contribution in [0.3, 0.4) is 0 Å². The summed E-state index contributed by atoms with van der Waals surface area (Å²) in [5.41, 5.74) is 0.649. The Bertz CT molecular complexity index is 804. The highest BCUT2D eigenvalue weighted by atomic mass is 32.1. The molecule has 0 radical (unpaired) electrons. The molecule has 0 saturated heterocycles. The molecule has 1 unspecified atom stereocenters. The van der Waals surface area contributed by atoms with Gasteiger partial charge in [0.15, 0.2) is 0 Å². The molecular formula is C16H20N2O3S. The Labute approximate surface area is 132 Å². The zero-order valence-electron chi connectivity index (χ0n) is 13.0. The normalized spacial score (nSPS) is 17.9. The molecule has 22 heavy (non-hydrogen) atoms. The van der Waals surface area contributed by atoms with Crippen molar-refractivity contribution in [1.82, 2.24) is 9.55 Å². The number of carboxylic acid groups (broad SMARTS) is 1. The quantitative estimate of drug-likeness (QED) is 0.943. The van der Waals surface area contributed by atoms with Crippen LogP contribution in [0.25, 0.3) is 10.2 Å². The number of aliphatic carboxylic acids is 1. The molecule has 0 amide bonds. The molecule has 5 nitrogen and oxygen atoms in total. The molecule has 1 aliphatic carbocycles. The molecule has 1 N–H and O–H groups in total. The van der Waals surface area contributed by atoms with Crippen molar-refractivity contribution in [3.8, 4) is 0 Å². The van der Waals surface area contributed by atoms with E-state index in [0.29, 0.717) is 23.2 Å². The zero-order chi connectivity index (χ0) is 16.0. The zero-order valence-corrected chi connectivity index (χ0v) is 13.9. The fourth-order valence-electron chi connectivity index (χ4n) is 3.32. The van der Waals surface area contributed by atoms with Crippen LogP contribution < -0.4 is 5.56 Å². The van der Waals surface area contributed by atoms with Crippen molar-refractivity contribution in [2.75, 3.05) is 0 Å². The first kappa shape index (κ1) is 15.2. The van der Waals surface area contributed by atoms with Gasteiger partial charge in [-0.05, 0) is 31.7 Å². The van der Waals surface area contributed by atoms with E-state index >= 15 is 0 Å². The number of hydrogen-bond acceptors (Lipinski definition) is 4. The second-order valence-corrected chi connectivity index (χ2v) is 7.16. The highest BCUT2D eigenvalue weighted by Gasteiger charge is 2.32. The van der Waals surface area contributed by atoms with Crippen molar-refractivity contribution in [3.05, 3.63) is 26.6 Å². The number of hydrogen-bond donors (Lipinski definition) is 1. The number of fused-ring (bicyclic) bond motifs is 3. The van der Waals surface area contributed by atoms with Crippen molar-refractivity contribution < 1.29 is 9.90 Å². The minimum Gasteiger partial charge on any atom is -0.481 e. The first-order valence-corrected chi connectivity index (χ1v) is 8.56. The van der Waals surface area contributed by atoms with Gasteiger partial charge in [0.25, 0.3) is 5.56 Å². The van der Waals surface area contributed by atoms with Crippen molar-refractivity contribution in [2.24, 2.45) is 0 Å². The van der Waals surface area contributed by atoms with E-state index in [-0.39, 0.29) is 11.5 Å². The lowest BCUT2D eigenvalue weighted by atomic mass is 9.86. The maximum absolute atomic E-state index is 12.9. The SMILES string of the molecule is CCn1c(C(C)C)nc2sc3c(c2c1=O)C(C(=O)O)CCC3. The molecule has 2 heterocycles. The van der Waals surface area contributed by atoms with E-state index in [4.69, 9.17) is 4.98 Å². The Morgan fingerprint density at radius 2 is 2.23 bits per heavy atom. The third-order valence-corrected chi connectivity index (χ3v) is 5.49. The molecule has 0 aliphatic heterocycles. The van der Waals surface area contributed by atoms with Gasteiger partial charge in [0.05, 0.1) is 11.3 Å². The van der Waals surface area contributed by atoms with Gasteiger partial charge in [0.2, 0.25) is 0 Å². The summed E-state index contributed by atoms with van der Waals surface area (Å²) in [6.45, 7) is 6.52. The molecule has 3 rings (SSSR count). The Hall–Kier alpha value is -1.69.